The van der Waals surface area contributed by atoms with Gasteiger partial charge < -0.3 is 9.47 Å². The van der Waals surface area contributed by atoms with Crippen LogP contribution in [0.15, 0.2) is 33.6 Å². The highest BCUT2D eigenvalue weighted by Gasteiger charge is 2.21. The minimum Gasteiger partial charge on any atom is -0.480 e. The first kappa shape index (κ1) is 15.7. The normalized spacial score (nSPS) is 11.2. The zero-order valence-corrected chi connectivity index (χ0v) is 13.6. The van der Waals surface area contributed by atoms with Crippen LogP contribution in [-0.2, 0) is 10.0 Å². The molecule has 7 nitrogen and oxygen atoms in total. The van der Waals surface area contributed by atoms with E-state index in [-0.39, 0.29) is 16.8 Å². The largest absolute Gasteiger partial charge is 0.480 e. The number of aromatic nitrogens is 2. The number of sulfonamides is 1. The first-order chi connectivity index (χ1) is 9.88. The topological polar surface area (TPSA) is 104 Å². The van der Waals surface area contributed by atoms with Crippen LogP contribution in [0.3, 0.4) is 0 Å². The summed E-state index contributed by atoms with van der Waals surface area (Å²) >= 11 is 3.30. The van der Waals surface area contributed by atoms with Crippen molar-refractivity contribution in [1.82, 2.24) is 9.97 Å². The number of primary sulfonamides is 1. The number of ether oxygens (including phenoxy) is 2. The van der Waals surface area contributed by atoms with Crippen molar-refractivity contribution in [2.75, 3.05) is 14.2 Å². The predicted molar refractivity (Wildman–Crippen MR) is 79.6 cm³/mol. The molecule has 2 aromatic rings. The van der Waals surface area contributed by atoms with E-state index in [1.807, 2.05) is 0 Å². The van der Waals surface area contributed by atoms with Gasteiger partial charge in [-0.05, 0) is 22.0 Å². The Morgan fingerprint density at radius 1 is 1.14 bits per heavy atom. The van der Waals surface area contributed by atoms with E-state index in [9.17, 15) is 8.42 Å². The van der Waals surface area contributed by atoms with Gasteiger partial charge in [0.1, 0.15) is 4.47 Å². The Bertz CT molecular complexity index is 780. The Hall–Kier alpha value is -1.71. The van der Waals surface area contributed by atoms with Crippen molar-refractivity contribution in [2.45, 2.75) is 4.90 Å². The molecule has 0 aliphatic carbocycles. The summed E-state index contributed by atoms with van der Waals surface area (Å²) in [6.07, 6.45) is 0. The molecule has 0 bridgehead atoms. The summed E-state index contributed by atoms with van der Waals surface area (Å²) < 4.78 is 33.9. The second-order valence-corrected chi connectivity index (χ2v) is 6.25. The molecule has 0 spiro atoms. The van der Waals surface area contributed by atoms with Gasteiger partial charge in [0.15, 0.2) is 0 Å². The van der Waals surface area contributed by atoms with Gasteiger partial charge in [-0.1, -0.05) is 18.2 Å². The average molecular weight is 374 g/mol. The number of hydrogen-bond donors (Lipinski definition) is 1. The zero-order chi connectivity index (χ0) is 15.6. The van der Waals surface area contributed by atoms with E-state index in [0.29, 0.717) is 15.7 Å². The zero-order valence-electron chi connectivity index (χ0n) is 11.2. The van der Waals surface area contributed by atoms with Gasteiger partial charge in [-0.15, -0.1) is 0 Å². The maximum absolute atomic E-state index is 11.7. The van der Waals surface area contributed by atoms with Crippen LogP contribution in [0.1, 0.15) is 0 Å². The summed E-state index contributed by atoms with van der Waals surface area (Å²) in [5.74, 6) is 0.223. The number of methoxy groups -OCH3 is 2. The molecule has 0 aliphatic rings. The Balaban J connectivity index is 2.79. The molecule has 0 aliphatic heterocycles. The van der Waals surface area contributed by atoms with Crippen LogP contribution in [0.5, 0.6) is 11.9 Å². The van der Waals surface area contributed by atoms with Gasteiger partial charge in [-0.25, -0.2) is 13.6 Å². The molecule has 1 aromatic heterocycles. The Labute approximate surface area is 130 Å². The average Bonchev–Trinajstić information content (AvgIpc) is 2.46. The van der Waals surface area contributed by atoms with Crippen molar-refractivity contribution >= 4 is 26.0 Å². The molecule has 2 rings (SSSR count). The van der Waals surface area contributed by atoms with E-state index in [2.05, 4.69) is 25.9 Å². The molecule has 0 saturated carbocycles. The third-order valence-electron chi connectivity index (χ3n) is 2.62. The fourth-order valence-electron chi connectivity index (χ4n) is 1.72. The number of hydrogen-bond acceptors (Lipinski definition) is 6. The van der Waals surface area contributed by atoms with E-state index in [1.54, 1.807) is 18.2 Å². The fourth-order valence-corrected chi connectivity index (χ4v) is 3.01. The van der Waals surface area contributed by atoms with Crippen molar-refractivity contribution < 1.29 is 17.9 Å². The molecular formula is C12H12BrN3O4S. The lowest BCUT2D eigenvalue weighted by Gasteiger charge is -2.12. The summed E-state index contributed by atoms with van der Waals surface area (Å²) in [6, 6.07) is 6.29. The summed E-state index contributed by atoms with van der Waals surface area (Å²) in [5, 5.41) is 5.24. The maximum atomic E-state index is 11.7. The Kier molecular flexibility index (Phi) is 4.45. The number of rotatable bonds is 4. The van der Waals surface area contributed by atoms with E-state index in [0.717, 1.165) is 0 Å². The molecule has 21 heavy (non-hydrogen) atoms. The van der Waals surface area contributed by atoms with E-state index in [4.69, 9.17) is 14.6 Å². The van der Waals surface area contributed by atoms with E-state index >= 15 is 0 Å². The lowest BCUT2D eigenvalue weighted by molar-refractivity contribution is 0.351. The predicted octanol–water partition coefficient (Wildman–Crippen LogP) is 1.57. The van der Waals surface area contributed by atoms with E-state index < -0.39 is 10.0 Å². The molecule has 1 aromatic carbocycles. The van der Waals surface area contributed by atoms with Gasteiger partial charge in [0, 0.05) is 5.56 Å². The molecule has 2 N–H and O–H groups in total. The van der Waals surface area contributed by atoms with Gasteiger partial charge in [0.05, 0.1) is 24.8 Å². The van der Waals surface area contributed by atoms with Crippen LogP contribution in [0.4, 0.5) is 0 Å². The Morgan fingerprint density at radius 2 is 1.81 bits per heavy atom. The van der Waals surface area contributed by atoms with Gasteiger partial charge in [0.2, 0.25) is 15.9 Å². The molecular weight excluding hydrogens is 362 g/mol. The monoisotopic (exact) mass is 373 g/mol. The Morgan fingerprint density at radius 3 is 2.38 bits per heavy atom. The van der Waals surface area contributed by atoms with Crippen molar-refractivity contribution in [3.8, 4) is 23.1 Å². The van der Waals surface area contributed by atoms with Gasteiger partial charge in [-0.3, -0.25) is 0 Å². The standard InChI is InChI=1S/C12H12BrN3O4S/c1-19-11-9(13)10(15-12(16-11)20-2)7-5-3-4-6-8(7)21(14,17)18/h3-6H,1-2H3,(H2,14,17,18). The van der Waals surface area contributed by atoms with Crippen molar-refractivity contribution in [3.05, 3.63) is 28.7 Å². The van der Waals surface area contributed by atoms with Crippen LogP contribution in [0.2, 0.25) is 0 Å². The van der Waals surface area contributed by atoms with E-state index in [1.165, 1.54) is 20.3 Å². The minimum atomic E-state index is -3.90. The summed E-state index contributed by atoms with van der Waals surface area (Å²) in [6.45, 7) is 0. The lowest BCUT2D eigenvalue weighted by atomic mass is 10.1. The third kappa shape index (κ3) is 3.14. The van der Waals surface area contributed by atoms with Crippen LogP contribution in [-0.4, -0.2) is 32.6 Å². The van der Waals surface area contributed by atoms with Crippen LogP contribution in [0.25, 0.3) is 11.3 Å². The highest BCUT2D eigenvalue weighted by Crippen LogP contribution is 2.36. The lowest BCUT2D eigenvalue weighted by Crippen LogP contribution is -2.13. The van der Waals surface area contributed by atoms with Gasteiger partial charge in [0.25, 0.3) is 0 Å². The highest BCUT2D eigenvalue weighted by molar-refractivity contribution is 9.10. The second-order valence-electron chi connectivity index (χ2n) is 3.92. The molecule has 0 saturated heterocycles. The first-order valence-electron chi connectivity index (χ1n) is 5.66. The second kappa shape index (κ2) is 5.96. The molecule has 0 unspecified atom stereocenters. The summed E-state index contributed by atoms with van der Waals surface area (Å²) in [5.41, 5.74) is 0.634. The van der Waals surface area contributed by atoms with Gasteiger partial charge in [-0.2, -0.15) is 9.97 Å². The third-order valence-corrected chi connectivity index (χ3v) is 4.31. The van der Waals surface area contributed by atoms with Crippen LogP contribution in [0, 0.1) is 0 Å². The smallest absolute Gasteiger partial charge is 0.320 e. The van der Waals surface area contributed by atoms with Crippen molar-refractivity contribution in [2.24, 2.45) is 5.14 Å². The first-order valence-corrected chi connectivity index (χ1v) is 8.00. The fraction of sp³-hybridized carbons (Fsp3) is 0.167. The number of benzene rings is 1. The molecule has 1 heterocycles. The van der Waals surface area contributed by atoms with Crippen molar-refractivity contribution in [3.63, 3.8) is 0 Å². The molecule has 0 amide bonds. The SMILES string of the molecule is COc1nc(OC)c(Br)c(-c2ccccc2S(N)(=O)=O)n1. The molecule has 0 fully saturated rings. The minimum absolute atomic E-state index is 0.0477. The van der Waals surface area contributed by atoms with Gasteiger partial charge >= 0.3 is 6.01 Å². The number of halogens is 1. The molecule has 9 heteroatoms. The number of nitrogens with two attached hydrogens (primary N) is 1. The summed E-state index contributed by atoms with van der Waals surface area (Å²) in [7, 11) is -1.07. The van der Waals surface area contributed by atoms with Crippen LogP contribution >= 0.6 is 15.9 Å². The van der Waals surface area contributed by atoms with Crippen molar-refractivity contribution in [1.29, 1.82) is 0 Å². The maximum Gasteiger partial charge on any atom is 0.320 e. The number of nitrogens with zero attached hydrogens (tertiary/aromatic N) is 2. The molecule has 0 atom stereocenters. The van der Waals surface area contributed by atoms with Crippen LogP contribution < -0.4 is 14.6 Å². The highest BCUT2D eigenvalue weighted by atomic mass is 79.9. The summed E-state index contributed by atoms with van der Waals surface area (Å²) in [4.78, 5) is 8.12. The molecule has 112 valence electrons. The quantitative estimate of drug-likeness (QED) is 0.871. The molecule has 0 radical (unpaired) electrons.